The summed E-state index contributed by atoms with van der Waals surface area (Å²) < 4.78 is 1.96. The van der Waals surface area contributed by atoms with Gasteiger partial charge in [0.1, 0.15) is 0 Å². The molecule has 2 aromatic rings. The van der Waals surface area contributed by atoms with Crippen molar-refractivity contribution in [2.45, 2.75) is 53.0 Å². The molecule has 1 aromatic carbocycles. The van der Waals surface area contributed by atoms with Crippen LogP contribution in [-0.2, 0) is 13.5 Å². The minimum atomic E-state index is 0.264. The Balaban J connectivity index is 2.07. The summed E-state index contributed by atoms with van der Waals surface area (Å²) >= 11 is 0. The summed E-state index contributed by atoms with van der Waals surface area (Å²) in [5, 5.41) is 8.08. The Morgan fingerprint density at radius 2 is 1.86 bits per heavy atom. The first-order valence-electron chi connectivity index (χ1n) is 7.88. The van der Waals surface area contributed by atoms with Gasteiger partial charge in [0.15, 0.2) is 0 Å². The van der Waals surface area contributed by atoms with Crippen molar-refractivity contribution in [3.05, 3.63) is 46.8 Å². The van der Waals surface area contributed by atoms with E-state index in [0.29, 0.717) is 0 Å². The SMILES string of the molecule is CCCCc1ccc(NC(C)c2c(C)nn(C)c2C)cc1. The lowest BCUT2D eigenvalue weighted by molar-refractivity contribution is 0.728. The Hall–Kier alpha value is -1.77. The van der Waals surface area contributed by atoms with Crippen molar-refractivity contribution in [1.82, 2.24) is 9.78 Å². The van der Waals surface area contributed by atoms with Crippen LogP contribution in [-0.4, -0.2) is 9.78 Å². The molecule has 0 aliphatic rings. The highest BCUT2D eigenvalue weighted by molar-refractivity contribution is 5.47. The van der Waals surface area contributed by atoms with Crippen LogP contribution in [0, 0.1) is 13.8 Å². The van der Waals surface area contributed by atoms with Crippen LogP contribution in [0.3, 0.4) is 0 Å². The molecule has 0 amide bonds. The fraction of sp³-hybridized carbons (Fsp3) is 0.500. The fourth-order valence-corrected chi connectivity index (χ4v) is 2.89. The van der Waals surface area contributed by atoms with Crippen molar-refractivity contribution in [2.24, 2.45) is 7.05 Å². The molecule has 3 heteroatoms. The highest BCUT2D eigenvalue weighted by Crippen LogP contribution is 2.25. The van der Waals surface area contributed by atoms with Gasteiger partial charge < -0.3 is 5.32 Å². The number of nitrogens with one attached hydrogen (secondary N) is 1. The van der Waals surface area contributed by atoms with Crippen molar-refractivity contribution < 1.29 is 0 Å². The van der Waals surface area contributed by atoms with Gasteiger partial charge in [0, 0.05) is 24.0 Å². The van der Waals surface area contributed by atoms with Crippen molar-refractivity contribution in [2.75, 3.05) is 5.32 Å². The molecule has 1 aromatic heterocycles. The predicted molar refractivity (Wildman–Crippen MR) is 89.8 cm³/mol. The van der Waals surface area contributed by atoms with E-state index >= 15 is 0 Å². The first kappa shape index (κ1) is 15.6. The molecular weight excluding hydrogens is 258 g/mol. The van der Waals surface area contributed by atoms with Gasteiger partial charge in [0.2, 0.25) is 0 Å². The quantitative estimate of drug-likeness (QED) is 0.843. The normalized spacial score (nSPS) is 12.4. The predicted octanol–water partition coefficient (Wildman–Crippen LogP) is 4.55. The Kier molecular flexibility index (Phi) is 5.05. The maximum Gasteiger partial charge on any atom is 0.0649 e. The molecule has 0 spiro atoms. The smallest absolute Gasteiger partial charge is 0.0649 e. The lowest BCUT2D eigenvalue weighted by Crippen LogP contribution is -2.09. The standard InChI is InChI=1S/C18H27N3/c1-6-7-8-16-9-11-17(12-10-16)19-13(2)18-14(3)20-21(5)15(18)4/h9-13,19H,6-8H2,1-5H3. The van der Waals surface area contributed by atoms with Crippen molar-refractivity contribution in [3.63, 3.8) is 0 Å². The summed E-state index contributed by atoms with van der Waals surface area (Å²) in [6, 6.07) is 9.09. The van der Waals surface area contributed by atoms with E-state index in [9.17, 15) is 0 Å². The molecule has 0 saturated heterocycles. The number of aromatic nitrogens is 2. The van der Waals surface area contributed by atoms with Gasteiger partial charge in [-0.2, -0.15) is 5.10 Å². The van der Waals surface area contributed by atoms with Gasteiger partial charge in [-0.05, 0) is 51.3 Å². The maximum absolute atomic E-state index is 4.50. The lowest BCUT2D eigenvalue weighted by Gasteiger charge is -2.16. The van der Waals surface area contributed by atoms with E-state index in [2.05, 4.69) is 62.4 Å². The first-order chi connectivity index (χ1) is 10.0. The summed E-state index contributed by atoms with van der Waals surface area (Å²) in [7, 11) is 2.00. The Labute approximate surface area is 128 Å². The number of hydrogen-bond donors (Lipinski definition) is 1. The minimum absolute atomic E-state index is 0.264. The Morgan fingerprint density at radius 1 is 1.19 bits per heavy atom. The zero-order chi connectivity index (χ0) is 15.4. The van der Waals surface area contributed by atoms with Crippen molar-refractivity contribution in [1.29, 1.82) is 0 Å². The second-order valence-corrected chi connectivity index (χ2v) is 5.87. The second kappa shape index (κ2) is 6.79. The highest BCUT2D eigenvalue weighted by atomic mass is 15.3. The van der Waals surface area contributed by atoms with Crippen LogP contribution in [0.5, 0.6) is 0 Å². The second-order valence-electron chi connectivity index (χ2n) is 5.87. The molecule has 1 unspecified atom stereocenters. The molecule has 1 N–H and O–H groups in total. The third-order valence-electron chi connectivity index (χ3n) is 4.15. The fourth-order valence-electron chi connectivity index (χ4n) is 2.89. The number of rotatable bonds is 6. The number of unbranched alkanes of at least 4 members (excludes halogenated alkanes) is 1. The maximum atomic E-state index is 4.50. The number of anilines is 1. The van der Waals surface area contributed by atoms with Gasteiger partial charge in [0.05, 0.1) is 11.7 Å². The zero-order valence-electron chi connectivity index (χ0n) is 13.9. The number of aryl methyl sites for hydroxylation is 3. The molecule has 0 saturated carbocycles. The largest absolute Gasteiger partial charge is 0.378 e. The molecule has 2 rings (SSSR count). The van der Waals surface area contributed by atoms with Crippen LogP contribution in [0.2, 0.25) is 0 Å². The highest BCUT2D eigenvalue weighted by Gasteiger charge is 2.15. The molecule has 0 radical (unpaired) electrons. The molecule has 0 bridgehead atoms. The zero-order valence-corrected chi connectivity index (χ0v) is 13.9. The molecule has 3 nitrogen and oxygen atoms in total. The molecule has 0 aliphatic heterocycles. The molecule has 1 atom stereocenters. The van der Waals surface area contributed by atoms with E-state index in [1.165, 1.54) is 41.8 Å². The van der Waals surface area contributed by atoms with Crippen molar-refractivity contribution >= 4 is 5.69 Å². The third kappa shape index (κ3) is 3.66. The van der Waals surface area contributed by atoms with E-state index in [1.807, 2.05) is 11.7 Å². The summed E-state index contributed by atoms with van der Waals surface area (Å²) in [4.78, 5) is 0. The summed E-state index contributed by atoms with van der Waals surface area (Å²) in [6.07, 6.45) is 3.68. The first-order valence-corrected chi connectivity index (χ1v) is 7.88. The molecule has 0 fully saturated rings. The topological polar surface area (TPSA) is 29.9 Å². The summed E-state index contributed by atoms with van der Waals surface area (Å²) in [6.45, 7) is 8.63. The monoisotopic (exact) mass is 285 g/mol. The van der Waals surface area contributed by atoms with Crippen LogP contribution in [0.15, 0.2) is 24.3 Å². The van der Waals surface area contributed by atoms with E-state index in [1.54, 1.807) is 0 Å². The van der Waals surface area contributed by atoms with Gasteiger partial charge in [-0.1, -0.05) is 25.5 Å². The number of hydrogen-bond acceptors (Lipinski definition) is 2. The molecule has 114 valence electrons. The van der Waals surface area contributed by atoms with Crippen molar-refractivity contribution in [3.8, 4) is 0 Å². The number of benzene rings is 1. The average molecular weight is 285 g/mol. The minimum Gasteiger partial charge on any atom is -0.378 e. The van der Waals surface area contributed by atoms with Gasteiger partial charge in [-0.25, -0.2) is 0 Å². The van der Waals surface area contributed by atoms with Gasteiger partial charge >= 0.3 is 0 Å². The van der Waals surface area contributed by atoms with Crippen LogP contribution >= 0.6 is 0 Å². The van der Waals surface area contributed by atoms with Gasteiger partial charge in [0.25, 0.3) is 0 Å². The third-order valence-corrected chi connectivity index (χ3v) is 4.15. The molecule has 1 heterocycles. The van der Waals surface area contributed by atoms with Crippen LogP contribution in [0.4, 0.5) is 5.69 Å². The van der Waals surface area contributed by atoms with E-state index in [-0.39, 0.29) is 6.04 Å². The molecular formula is C18H27N3. The lowest BCUT2D eigenvalue weighted by atomic mass is 10.1. The van der Waals surface area contributed by atoms with Gasteiger partial charge in [-0.3, -0.25) is 4.68 Å². The molecule has 0 aliphatic carbocycles. The summed E-state index contributed by atoms with van der Waals surface area (Å²) in [5.74, 6) is 0. The average Bonchev–Trinajstić information content (AvgIpc) is 2.71. The van der Waals surface area contributed by atoms with Gasteiger partial charge in [-0.15, -0.1) is 0 Å². The molecule has 21 heavy (non-hydrogen) atoms. The number of nitrogens with zero attached hydrogens (tertiary/aromatic N) is 2. The van der Waals surface area contributed by atoms with Crippen LogP contribution in [0.25, 0.3) is 0 Å². The van der Waals surface area contributed by atoms with E-state index in [0.717, 1.165) is 5.69 Å². The van der Waals surface area contributed by atoms with Crippen LogP contribution < -0.4 is 5.32 Å². The van der Waals surface area contributed by atoms with E-state index in [4.69, 9.17) is 0 Å². The van der Waals surface area contributed by atoms with Crippen LogP contribution in [0.1, 0.15) is 55.2 Å². The Morgan fingerprint density at radius 3 is 2.38 bits per heavy atom. The van der Waals surface area contributed by atoms with E-state index < -0.39 is 0 Å². The Bertz CT molecular complexity index is 581. The summed E-state index contributed by atoms with van der Waals surface area (Å²) in [5.41, 5.74) is 6.23.